The largest absolute Gasteiger partial charge is 0.465 e. The van der Waals surface area contributed by atoms with Crippen molar-refractivity contribution < 1.29 is 24.2 Å². The van der Waals surface area contributed by atoms with Crippen LogP contribution in [0.15, 0.2) is 54.6 Å². The maximum absolute atomic E-state index is 12.7. The molecule has 2 amide bonds. The van der Waals surface area contributed by atoms with E-state index in [-0.39, 0.29) is 23.9 Å². The molecule has 2 atom stereocenters. The van der Waals surface area contributed by atoms with Gasteiger partial charge in [0.1, 0.15) is 5.88 Å². The second-order valence-electron chi connectivity index (χ2n) is 7.43. The number of rotatable bonds is 6. The van der Waals surface area contributed by atoms with Gasteiger partial charge < -0.3 is 19.6 Å². The predicted octanol–water partition coefficient (Wildman–Crippen LogP) is 3.80. The molecule has 1 N–H and O–H groups in total. The van der Waals surface area contributed by atoms with Crippen LogP contribution in [0.25, 0.3) is 0 Å². The number of benzene rings is 2. The maximum Gasteiger partial charge on any atom is 0.407 e. The number of alkyl halides is 1. The molecule has 0 radical (unpaired) electrons. The topological polar surface area (TPSA) is 87.2 Å². The molecule has 31 heavy (non-hydrogen) atoms. The Bertz CT molecular complexity index is 919. The molecule has 0 bridgehead atoms. The van der Waals surface area contributed by atoms with Crippen molar-refractivity contribution in [2.75, 3.05) is 24.4 Å². The highest BCUT2D eigenvalue weighted by atomic mass is 35.5. The normalized spacial score (nSPS) is 18.3. The van der Waals surface area contributed by atoms with E-state index in [1.54, 1.807) is 29.2 Å². The molecule has 7 nitrogen and oxygen atoms in total. The molecule has 1 saturated heterocycles. The Kier molecular flexibility index (Phi) is 7.52. The van der Waals surface area contributed by atoms with Crippen LogP contribution in [-0.2, 0) is 16.0 Å². The van der Waals surface area contributed by atoms with Crippen LogP contribution in [0.4, 0.5) is 10.5 Å². The third-order valence-electron chi connectivity index (χ3n) is 5.56. The van der Waals surface area contributed by atoms with Gasteiger partial charge in [-0.2, -0.15) is 0 Å². The Hall–Kier alpha value is -3.06. The van der Waals surface area contributed by atoms with Crippen molar-refractivity contribution >= 4 is 35.3 Å². The molecule has 1 aliphatic rings. The lowest BCUT2D eigenvalue weighted by Gasteiger charge is -2.42. The van der Waals surface area contributed by atoms with Crippen molar-refractivity contribution in [1.82, 2.24) is 4.90 Å². The van der Waals surface area contributed by atoms with Gasteiger partial charge in [-0.1, -0.05) is 30.3 Å². The van der Waals surface area contributed by atoms with Crippen molar-refractivity contribution in [3.63, 3.8) is 0 Å². The summed E-state index contributed by atoms with van der Waals surface area (Å²) >= 11 is 5.90. The van der Waals surface area contributed by atoms with Gasteiger partial charge in [-0.25, -0.2) is 9.59 Å². The Morgan fingerprint density at radius 3 is 2.39 bits per heavy atom. The summed E-state index contributed by atoms with van der Waals surface area (Å²) in [6.07, 6.45) is 0.590. The van der Waals surface area contributed by atoms with Gasteiger partial charge in [0.15, 0.2) is 0 Å². The van der Waals surface area contributed by atoms with Crippen LogP contribution in [0.3, 0.4) is 0 Å². The molecule has 2 aromatic rings. The van der Waals surface area contributed by atoms with E-state index >= 15 is 0 Å². The summed E-state index contributed by atoms with van der Waals surface area (Å²) in [4.78, 5) is 39.3. The van der Waals surface area contributed by atoms with Gasteiger partial charge in [0.25, 0.3) is 0 Å². The first-order chi connectivity index (χ1) is 14.9. The number of hydrogen-bond acceptors (Lipinski definition) is 4. The highest BCUT2D eigenvalue weighted by Gasteiger charge is 2.36. The minimum absolute atomic E-state index is 0.193. The van der Waals surface area contributed by atoms with Crippen molar-refractivity contribution in [2.45, 2.75) is 31.3 Å². The summed E-state index contributed by atoms with van der Waals surface area (Å²) in [5, 5.41) is 9.67. The maximum atomic E-state index is 12.7. The zero-order chi connectivity index (χ0) is 22.4. The minimum Gasteiger partial charge on any atom is -0.465 e. The van der Waals surface area contributed by atoms with Crippen LogP contribution in [0, 0.1) is 0 Å². The van der Waals surface area contributed by atoms with Gasteiger partial charge >= 0.3 is 12.1 Å². The van der Waals surface area contributed by atoms with Gasteiger partial charge in [0.2, 0.25) is 5.91 Å². The monoisotopic (exact) mass is 444 g/mol. The Labute approximate surface area is 186 Å². The number of likely N-dealkylation sites (tertiary alicyclic amines) is 1. The third-order valence-corrected chi connectivity index (χ3v) is 5.79. The molecule has 2 unspecified atom stereocenters. The molecule has 1 aliphatic heterocycles. The number of esters is 1. The number of nitrogens with zero attached hydrogens (tertiary/aromatic N) is 2. The quantitative estimate of drug-likeness (QED) is 0.541. The first-order valence-corrected chi connectivity index (χ1v) is 10.6. The lowest BCUT2D eigenvalue weighted by atomic mass is 9.91. The summed E-state index contributed by atoms with van der Waals surface area (Å²) in [6, 6.07) is 15.8. The van der Waals surface area contributed by atoms with E-state index in [4.69, 9.17) is 16.3 Å². The average molecular weight is 445 g/mol. The summed E-state index contributed by atoms with van der Waals surface area (Å²) in [5.74, 6) is -0.916. The summed E-state index contributed by atoms with van der Waals surface area (Å²) in [7, 11) is 1.31. The van der Waals surface area contributed by atoms with Crippen molar-refractivity contribution in [1.29, 1.82) is 0 Å². The van der Waals surface area contributed by atoms with E-state index in [9.17, 15) is 19.5 Å². The molecule has 0 saturated carbocycles. The van der Waals surface area contributed by atoms with Gasteiger partial charge in [-0.3, -0.25) is 4.79 Å². The van der Waals surface area contributed by atoms with Crippen LogP contribution in [-0.4, -0.2) is 59.6 Å². The highest BCUT2D eigenvalue weighted by Crippen LogP contribution is 2.29. The summed E-state index contributed by atoms with van der Waals surface area (Å²) < 4.78 is 4.72. The first kappa shape index (κ1) is 22.6. The van der Waals surface area contributed by atoms with Gasteiger partial charge in [-0.15, -0.1) is 11.6 Å². The van der Waals surface area contributed by atoms with E-state index < -0.39 is 12.1 Å². The lowest BCUT2D eigenvalue weighted by Crippen LogP contribution is -2.54. The van der Waals surface area contributed by atoms with Crippen molar-refractivity contribution in [3.05, 3.63) is 65.7 Å². The van der Waals surface area contributed by atoms with Gasteiger partial charge in [0.05, 0.1) is 12.7 Å². The van der Waals surface area contributed by atoms with Crippen LogP contribution in [0.2, 0.25) is 0 Å². The van der Waals surface area contributed by atoms with Crippen LogP contribution in [0.1, 0.15) is 28.8 Å². The number of carbonyl (C=O) groups is 3. The average Bonchev–Trinajstić information content (AvgIpc) is 2.79. The number of methoxy groups -OCH3 is 1. The molecule has 0 aromatic heterocycles. The van der Waals surface area contributed by atoms with E-state index in [1.807, 2.05) is 30.3 Å². The number of carboxylic acid groups (broad SMARTS) is 1. The fourth-order valence-electron chi connectivity index (χ4n) is 4.09. The second kappa shape index (κ2) is 10.3. The fraction of sp³-hybridized carbons (Fsp3) is 0.348. The molecule has 1 fully saturated rings. The fourth-order valence-corrected chi connectivity index (χ4v) is 4.22. The second-order valence-corrected chi connectivity index (χ2v) is 7.70. The standard InChI is InChI=1S/C23H25ClN2O5/c1-31-22(28)17-7-9-18(10-8-17)26(21(27)15-24)19-11-12-25(23(29)30)20(14-19)13-16-5-3-2-4-6-16/h2-10,19-20H,11-15H2,1H3,(H,29,30). The molecular weight excluding hydrogens is 420 g/mol. The summed E-state index contributed by atoms with van der Waals surface area (Å²) in [5.41, 5.74) is 2.04. The van der Waals surface area contributed by atoms with E-state index in [0.717, 1.165) is 5.56 Å². The number of carbonyl (C=O) groups excluding carboxylic acids is 2. The SMILES string of the molecule is COC(=O)c1ccc(N(C(=O)CCl)C2CCN(C(=O)O)C(Cc3ccccc3)C2)cc1. The molecular formula is C23H25ClN2O5. The number of halogens is 1. The third kappa shape index (κ3) is 5.35. The molecule has 1 heterocycles. The summed E-state index contributed by atoms with van der Waals surface area (Å²) in [6.45, 7) is 0.323. The number of amides is 2. The molecule has 0 spiro atoms. The number of hydrogen-bond donors (Lipinski definition) is 1. The van der Waals surface area contributed by atoms with Gasteiger partial charge in [0, 0.05) is 24.3 Å². The number of anilines is 1. The first-order valence-electron chi connectivity index (χ1n) is 10.0. The van der Waals surface area contributed by atoms with Gasteiger partial charge in [-0.05, 0) is 49.1 Å². The van der Waals surface area contributed by atoms with Crippen molar-refractivity contribution in [3.8, 4) is 0 Å². The Morgan fingerprint density at radius 2 is 1.81 bits per heavy atom. The zero-order valence-electron chi connectivity index (χ0n) is 17.2. The Balaban J connectivity index is 1.86. The zero-order valence-corrected chi connectivity index (χ0v) is 18.0. The van der Waals surface area contributed by atoms with E-state index in [0.29, 0.717) is 37.1 Å². The van der Waals surface area contributed by atoms with Crippen LogP contribution >= 0.6 is 11.6 Å². The van der Waals surface area contributed by atoms with Crippen LogP contribution in [0.5, 0.6) is 0 Å². The molecule has 0 aliphatic carbocycles. The van der Waals surface area contributed by atoms with E-state index in [2.05, 4.69) is 0 Å². The smallest absolute Gasteiger partial charge is 0.407 e. The molecule has 8 heteroatoms. The van der Waals surface area contributed by atoms with Crippen LogP contribution < -0.4 is 4.90 Å². The minimum atomic E-state index is -0.961. The molecule has 2 aromatic carbocycles. The lowest BCUT2D eigenvalue weighted by molar-refractivity contribution is -0.117. The molecule has 164 valence electrons. The number of ether oxygens (including phenoxy) is 1. The predicted molar refractivity (Wildman–Crippen MR) is 118 cm³/mol. The van der Waals surface area contributed by atoms with Crippen molar-refractivity contribution in [2.24, 2.45) is 0 Å². The molecule has 3 rings (SSSR count). The Morgan fingerprint density at radius 1 is 1.13 bits per heavy atom. The number of piperidine rings is 1. The van der Waals surface area contributed by atoms with E-state index in [1.165, 1.54) is 12.0 Å². The highest BCUT2D eigenvalue weighted by molar-refractivity contribution is 6.29.